The molecule has 0 saturated carbocycles. The van der Waals surface area contributed by atoms with Gasteiger partial charge in [-0.15, -0.1) is 0 Å². The molecule has 0 aliphatic carbocycles. The molecule has 0 saturated heterocycles. The fourth-order valence-corrected chi connectivity index (χ4v) is 4.98. The Bertz CT molecular complexity index is 1250. The van der Waals surface area contributed by atoms with Crippen molar-refractivity contribution in [3.05, 3.63) is 63.6 Å². The van der Waals surface area contributed by atoms with Crippen LogP contribution in [0.2, 0.25) is 10.0 Å². The summed E-state index contributed by atoms with van der Waals surface area (Å²) in [6.07, 6.45) is 1.27. The Morgan fingerprint density at radius 3 is 2.27 bits per heavy atom. The van der Waals surface area contributed by atoms with E-state index in [1.165, 1.54) is 30.0 Å². The number of nitrogens with zero attached hydrogens (tertiary/aromatic N) is 2. The molecule has 0 aromatic heterocycles. The van der Waals surface area contributed by atoms with Crippen LogP contribution in [0, 0.1) is 5.92 Å². The van der Waals surface area contributed by atoms with Crippen LogP contribution < -0.4 is 9.62 Å². The number of Topliss-reactive ketones (excluding diaryl/α,β-unsaturated/α-hetero) is 1. The number of halogens is 2. The van der Waals surface area contributed by atoms with Crippen molar-refractivity contribution in [2.45, 2.75) is 46.7 Å². The number of ketones is 1. The smallest absolute Gasteiger partial charge is 0.244 e. The molecule has 2 amide bonds. The number of carbonyl (C=O) groups excluding carboxylic acids is 3. The van der Waals surface area contributed by atoms with Gasteiger partial charge in [0.1, 0.15) is 12.6 Å². The number of benzene rings is 2. The molecule has 0 spiro atoms. The summed E-state index contributed by atoms with van der Waals surface area (Å²) in [5.74, 6) is -0.991. The zero-order chi connectivity index (χ0) is 27.9. The maximum Gasteiger partial charge on any atom is 0.244 e. The molecule has 202 valence electrons. The normalized spacial score (nSPS) is 12.2. The maximum atomic E-state index is 13.7. The second-order valence-corrected chi connectivity index (χ2v) is 11.9. The fourth-order valence-electron chi connectivity index (χ4n) is 3.67. The van der Waals surface area contributed by atoms with Gasteiger partial charge in [-0.25, -0.2) is 8.42 Å². The Labute approximate surface area is 229 Å². The second kappa shape index (κ2) is 13.3. The highest BCUT2D eigenvalue weighted by atomic mass is 35.5. The number of amides is 2. The molecule has 0 heterocycles. The van der Waals surface area contributed by atoms with Crippen LogP contribution in [0.1, 0.15) is 50.0 Å². The van der Waals surface area contributed by atoms with Gasteiger partial charge in [0.2, 0.25) is 21.8 Å². The highest BCUT2D eigenvalue weighted by Gasteiger charge is 2.32. The predicted molar refractivity (Wildman–Crippen MR) is 148 cm³/mol. The van der Waals surface area contributed by atoms with Crippen LogP contribution in [-0.4, -0.2) is 56.3 Å². The van der Waals surface area contributed by atoms with E-state index in [4.69, 9.17) is 23.2 Å². The van der Waals surface area contributed by atoms with Gasteiger partial charge in [0.15, 0.2) is 5.78 Å². The van der Waals surface area contributed by atoms with Crippen molar-refractivity contribution in [1.29, 1.82) is 0 Å². The molecule has 1 atom stereocenters. The Morgan fingerprint density at radius 1 is 1.05 bits per heavy atom. The highest BCUT2D eigenvalue weighted by Crippen LogP contribution is 2.25. The third kappa shape index (κ3) is 8.72. The lowest BCUT2D eigenvalue weighted by Gasteiger charge is -2.33. The third-order valence-electron chi connectivity index (χ3n) is 5.65. The lowest BCUT2D eigenvalue weighted by atomic mass is 10.1. The summed E-state index contributed by atoms with van der Waals surface area (Å²) in [6.45, 7) is 6.87. The van der Waals surface area contributed by atoms with Gasteiger partial charge in [0, 0.05) is 28.7 Å². The maximum absolute atomic E-state index is 13.7. The second-order valence-electron chi connectivity index (χ2n) is 9.20. The minimum absolute atomic E-state index is 0.0342. The van der Waals surface area contributed by atoms with Crippen LogP contribution in [0.5, 0.6) is 0 Å². The summed E-state index contributed by atoms with van der Waals surface area (Å²) in [7, 11) is -3.92. The predicted octanol–water partition coefficient (Wildman–Crippen LogP) is 4.54. The summed E-state index contributed by atoms with van der Waals surface area (Å²) in [4.78, 5) is 40.0. The quantitative estimate of drug-likeness (QED) is 0.378. The molecule has 11 heteroatoms. The fraction of sp³-hybridized carbons (Fsp3) is 0.423. The van der Waals surface area contributed by atoms with E-state index >= 15 is 0 Å². The molecule has 0 unspecified atom stereocenters. The first-order valence-corrected chi connectivity index (χ1v) is 14.4. The summed E-state index contributed by atoms with van der Waals surface area (Å²) in [5, 5.41) is 3.59. The Morgan fingerprint density at radius 2 is 1.73 bits per heavy atom. The number of hydrogen-bond donors (Lipinski definition) is 1. The SMILES string of the molecule is CC[C@@H](C(=O)NCC(C)C)N(Cc1ccc(Cl)cc1Cl)C(=O)CN(c1cccc(C(C)=O)c1)S(C)(=O)=O. The lowest BCUT2D eigenvalue weighted by molar-refractivity contribution is -0.140. The molecular weight excluding hydrogens is 537 g/mol. The first-order chi connectivity index (χ1) is 17.2. The van der Waals surface area contributed by atoms with Gasteiger partial charge in [0.05, 0.1) is 11.9 Å². The Balaban J connectivity index is 2.49. The standard InChI is InChI=1S/C26H33Cl2N3O5S/c1-6-24(26(34)29-14-17(2)3)30(15-20-10-11-21(27)13-23(20)28)25(33)16-31(37(5,35)36)22-9-7-8-19(12-22)18(4)32/h7-13,17,24H,6,14-16H2,1-5H3,(H,29,34)/t24-/m0/s1. The van der Waals surface area contributed by atoms with E-state index in [2.05, 4.69) is 5.32 Å². The van der Waals surface area contributed by atoms with E-state index in [1.807, 2.05) is 13.8 Å². The van der Waals surface area contributed by atoms with Crippen molar-refractivity contribution < 1.29 is 22.8 Å². The van der Waals surface area contributed by atoms with Crippen LogP contribution >= 0.6 is 23.2 Å². The average molecular weight is 571 g/mol. The monoisotopic (exact) mass is 569 g/mol. The van der Waals surface area contributed by atoms with Gasteiger partial charge in [-0.2, -0.15) is 0 Å². The zero-order valence-electron chi connectivity index (χ0n) is 21.6. The minimum Gasteiger partial charge on any atom is -0.354 e. The molecule has 0 radical (unpaired) electrons. The zero-order valence-corrected chi connectivity index (χ0v) is 24.0. The van der Waals surface area contributed by atoms with Crippen LogP contribution in [0.15, 0.2) is 42.5 Å². The van der Waals surface area contributed by atoms with Gasteiger partial charge in [0.25, 0.3) is 0 Å². The number of hydrogen-bond acceptors (Lipinski definition) is 5. The number of anilines is 1. The molecule has 0 aliphatic heterocycles. The molecule has 37 heavy (non-hydrogen) atoms. The van der Waals surface area contributed by atoms with Crippen molar-refractivity contribution in [3.63, 3.8) is 0 Å². The molecule has 0 fully saturated rings. The van der Waals surface area contributed by atoms with Crippen molar-refractivity contribution in [3.8, 4) is 0 Å². The van der Waals surface area contributed by atoms with E-state index in [9.17, 15) is 22.8 Å². The minimum atomic E-state index is -3.92. The number of carbonyl (C=O) groups is 3. The first-order valence-electron chi connectivity index (χ1n) is 11.8. The summed E-state index contributed by atoms with van der Waals surface area (Å²) in [6, 6.07) is 10.00. The molecule has 2 aromatic rings. The van der Waals surface area contributed by atoms with Crippen LogP contribution in [0.4, 0.5) is 5.69 Å². The van der Waals surface area contributed by atoms with E-state index in [0.29, 0.717) is 34.1 Å². The van der Waals surface area contributed by atoms with Crippen molar-refractivity contribution in [2.24, 2.45) is 5.92 Å². The molecule has 2 rings (SSSR count). The number of rotatable bonds is 12. The van der Waals surface area contributed by atoms with Crippen molar-refractivity contribution >= 4 is 56.5 Å². The third-order valence-corrected chi connectivity index (χ3v) is 7.37. The van der Waals surface area contributed by atoms with Crippen LogP contribution in [0.3, 0.4) is 0 Å². The molecule has 0 aliphatic rings. The van der Waals surface area contributed by atoms with E-state index in [0.717, 1.165) is 10.6 Å². The van der Waals surface area contributed by atoms with Crippen molar-refractivity contribution in [1.82, 2.24) is 10.2 Å². The first kappa shape index (κ1) is 30.6. The topological polar surface area (TPSA) is 104 Å². The molecular formula is C26H33Cl2N3O5S. The number of sulfonamides is 1. The lowest BCUT2D eigenvalue weighted by Crippen LogP contribution is -2.52. The van der Waals surface area contributed by atoms with Gasteiger partial charge >= 0.3 is 0 Å². The van der Waals surface area contributed by atoms with Crippen LogP contribution in [-0.2, 0) is 26.2 Å². The molecule has 1 N–H and O–H groups in total. The Hall–Kier alpha value is -2.62. The van der Waals surface area contributed by atoms with Gasteiger partial charge in [-0.05, 0) is 49.1 Å². The molecule has 2 aromatic carbocycles. The highest BCUT2D eigenvalue weighted by molar-refractivity contribution is 7.92. The van der Waals surface area contributed by atoms with E-state index < -0.39 is 28.5 Å². The van der Waals surface area contributed by atoms with Gasteiger partial charge < -0.3 is 10.2 Å². The van der Waals surface area contributed by atoms with Crippen molar-refractivity contribution in [2.75, 3.05) is 23.7 Å². The summed E-state index contributed by atoms with van der Waals surface area (Å²) >= 11 is 12.4. The Kier molecular flexibility index (Phi) is 11.0. The largest absolute Gasteiger partial charge is 0.354 e. The molecule has 8 nitrogen and oxygen atoms in total. The van der Waals surface area contributed by atoms with Gasteiger partial charge in [-0.3, -0.25) is 18.7 Å². The summed E-state index contributed by atoms with van der Waals surface area (Å²) in [5.41, 5.74) is 1.03. The van der Waals surface area contributed by atoms with Crippen LogP contribution in [0.25, 0.3) is 0 Å². The molecule has 0 bridgehead atoms. The van der Waals surface area contributed by atoms with E-state index in [-0.39, 0.29) is 29.8 Å². The van der Waals surface area contributed by atoms with E-state index in [1.54, 1.807) is 31.2 Å². The summed E-state index contributed by atoms with van der Waals surface area (Å²) < 4.78 is 26.4. The average Bonchev–Trinajstić information content (AvgIpc) is 2.81. The van der Waals surface area contributed by atoms with Gasteiger partial charge in [-0.1, -0.05) is 62.2 Å². The number of nitrogens with one attached hydrogen (secondary N) is 1.